The summed E-state index contributed by atoms with van der Waals surface area (Å²) in [6.07, 6.45) is 2.05. The van der Waals surface area contributed by atoms with Gasteiger partial charge in [-0.2, -0.15) is 0 Å². The van der Waals surface area contributed by atoms with Crippen molar-refractivity contribution in [2.45, 2.75) is 45.8 Å². The van der Waals surface area contributed by atoms with Gasteiger partial charge < -0.3 is 21.0 Å². The minimum Gasteiger partial charge on any atom is -0.409 e. The molecule has 18 heavy (non-hydrogen) atoms. The maximum absolute atomic E-state index is 12.1. The molecule has 0 aromatic rings. The molecule has 1 rings (SSSR count). The van der Waals surface area contributed by atoms with Crippen LogP contribution in [0.3, 0.4) is 0 Å². The van der Waals surface area contributed by atoms with E-state index in [1.54, 1.807) is 0 Å². The molecule has 1 aliphatic heterocycles. The zero-order chi connectivity index (χ0) is 13.7. The molecule has 1 saturated heterocycles. The quantitative estimate of drug-likeness (QED) is 0.292. The van der Waals surface area contributed by atoms with Crippen molar-refractivity contribution >= 4 is 11.7 Å². The lowest BCUT2D eigenvalue weighted by Gasteiger charge is -2.24. The molecule has 6 nitrogen and oxygen atoms in total. The lowest BCUT2D eigenvalue weighted by molar-refractivity contribution is -0.125. The molecule has 1 heterocycles. The summed E-state index contributed by atoms with van der Waals surface area (Å²) in [6, 6.07) is -0.0623. The Bertz CT molecular complexity index is 312. The van der Waals surface area contributed by atoms with Gasteiger partial charge in [-0.3, -0.25) is 4.79 Å². The number of hydrogen-bond acceptors (Lipinski definition) is 4. The first-order chi connectivity index (χ1) is 8.47. The highest BCUT2D eigenvalue weighted by molar-refractivity contribution is 6.02. The van der Waals surface area contributed by atoms with E-state index < -0.39 is 5.92 Å². The molecule has 1 aliphatic rings. The highest BCUT2D eigenvalue weighted by Gasteiger charge is 2.30. The fourth-order valence-corrected chi connectivity index (χ4v) is 2.24. The van der Waals surface area contributed by atoms with E-state index in [4.69, 9.17) is 15.7 Å². The van der Waals surface area contributed by atoms with Crippen LogP contribution in [0.1, 0.15) is 33.6 Å². The fourth-order valence-electron chi connectivity index (χ4n) is 2.24. The predicted molar refractivity (Wildman–Crippen MR) is 68.3 cm³/mol. The number of ether oxygens (including phenoxy) is 1. The van der Waals surface area contributed by atoms with Gasteiger partial charge in [-0.15, -0.1) is 0 Å². The number of oxime groups is 1. The Morgan fingerprint density at radius 3 is 2.61 bits per heavy atom. The monoisotopic (exact) mass is 257 g/mol. The molecule has 0 radical (unpaired) electrons. The van der Waals surface area contributed by atoms with E-state index in [2.05, 4.69) is 10.5 Å². The lowest BCUT2D eigenvalue weighted by atomic mass is 9.93. The van der Waals surface area contributed by atoms with Crippen LogP contribution >= 0.6 is 0 Å². The van der Waals surface area contributed by atoms with Gasteiger partial charge in [0.05, 0.1) is 12.1 Å². The van der Waals surface area contributed by atoms with E-state index in [-0.39, 0.29) is 29.8 Å². The van der Waals surface area contributed by atoms with Crippen LogP contribution < -0.4 is 11.1 Å². The van der Waals surface area contributed by atoms with Crippen molar-refractivity contribution in [3.63, 3.8) is 0 Å². The van der Waals surface area contributed by atoms with Gasteiger partial charge in [0.1, 0.15) is 5.92 Å². The van der Waals surface area contributed by atoms with Crippen LogP contribution in [0.2, 0.25) is 0 Å². The Balaban J connectivity index is 2.61. The van der Waals surface area contributed by atoms with Crippen molar-refractivity contribution in [1.82, 2.24) is 5.32 Å². The molecule has 0 aromatic heterocycles. The summed E-state index contributed by atoms with van der Waals surface area (Å²) in [7, 11) is 0. The van der Waals surface area contributed by atoms with Crippen LogP contribution in [-0.4, -0.2) is 35.7 Å². The zero-order valence-electron chi connectivity index (χ0n) is 11.2. The topological polar surface area (TPSA) is 96.9 Å². The van der Waals surface area contributed by atoms with Crippen molar-refractivity contribution in [1.29, 1.82) is 0 Å². The predicted octanol–water partition coefficient (Wildman–Crippen LogP) is 0.689. The summed E-state index contributed by atoms with van der Waals surface area (Å²) in [4.78, 5) is 12.1. The fraction of sp³-hybridized carbons (Fsp3) is 0.833. The van der Waals surface area contributed by atoms with Crippen molar-refractivity contribution < 1.29 is 14.7 Å². The number of nitrogens with two attached hydrogens (primary N) is 1. The summed E-state index contributed by atoms with van der Waals surface area (Å²) in [5, 5.41) is 14.5. The highest BCUT2D eigenvalue weighted by atomic mass is 16.5. The molecule has 0 saturated carbocycles. The van der Waals surface area contributed by atoms with E-state index >= 15 is 0 Å². The molecule has 4 N–H and O–H groups in total. The summed E-state index contributed by atoms with van der Waals surface area (Å²) >= 11 is 0. The second-order valence-corrected chi connectivity index (χ2v) is 5.10. The van der Waals surface area contributed by atoms with Crippen molar-refractivity contribution in [2.24, 2.45) is 22.7 Å². The second-order valence-electron chi connectivity index (χ2n) is 5.10. The molecule has 6 heteroatoms. The number of nitrogens with one attached hydrogen (secondary N) is 1. The third-order valence-corrected chi connectivity index (χ3v) is 3.28. The molecular weight excluding hydrogens is 234 g/mol. The molecule has 0 aromatic carbocycles. The molecule has 3 unspecified atom stereocenters. The molecule has 0 spiro atoms. The number of nitrogens with zero attached hydrogens (tertiary/aromatic N) is 1. The first-order valence-electron chi connectivity index (χ1n) is 6.36. The van der Waals surface area contributed by atoms with Gasteiger partial charge in [-0.25, -0.2) is 0 Å². The maximum atomic E-state index is 12.1. The molecule has 1 amide bonds. The van der Waals surface area contributed by atoms with Gasteiger partial charge in [0.15, 0.2) is 5.84 Å². The van der Waals surface area contributed by atoms with Crippen molar-refractivity contribution in [3.05, 3.63) is 0 Å². The van der Waals surface area contributed by atoms with Gasteiger partial charge in [-0.05, 0) is 25.7 Å². The minimum absolute atomic E-state index is 0.0300. The Morgan fingerprint density at radius 2 is 2.17 bits per heavy atom. The van der Waals surface area contributed by atoms with Crippen LogP contribution in [0.25, 0.3) is 0 Å². The van der Waals surface area contributed by atoms with Crippen molar-refractivity contribution in [2.75, 3.05) is 6.61 Å². The molecule has 0 aliphatic carbocycles. The summed E-state index contributed by atoms with van der Waals surface area (Å²) < 4.78 is 5.52. The van der Waals surface area contributed by atoms with Gasteiger partial charge >= 0.3 is 0 Å². The Kier molecular flexibility index (Phi) is 5.40. The second kappa shape index (κ2) is 6.58. The molecule has 3 atom stereocenters. The third-order valence-electron chi connectivity index (χ3n) is 3.28. The first-order valence-corrected chi connectivity index (χ1v) is 6.36. The molecule has 0 bridgehead atoms. The largest absolute Gasteiger partial charge is 0.409 e. The first kappa shape index (κ1) is 14.8. The van der Waals surface area contributed by atoms with E-state index in [1.165, 1.54) is 0 Å². The van der Waals surface area contributed by atoms with Crippen LogP contribution in [0.4, 0.5) is 0 Å². The Labute approximate surface area is 108 Å². The maximum Gasteiger partial charge on any atom is 0.231 e. The van der Waals surface area contributed by atoms with Crippen LogP contribution in [-0.2, 0) is 9.53 Å². The van der Waals surface area contributed by atoms with Crippen molar-refractivity contribution in [3.8, 4) is 0 Å². The number of amides is 1. The standard InChI is InChI=1S/C12H23N3O3/c1-7(2)10(11(13)15-17)12(16)14-8(3)9-5-4-6-18-9/h7-10,17H,4-6H2,1-3H3,(H2,13,15)(H,14,16). The van der Waals surface area contributed by atoms with Gasteiger partial charge in [-0.1, -0.05) is 19.0 Å². The third kappa shape index (κ3) is 3.60. The summed E-state index contributed by atoms with van der Waals surface area (Å²) in [5.41, 5.74) is 5.56. The SMILES string of the molecule is CC(C)C(C(=O)NC(C)C1CCCO1)/C(N)=N/O. The molecule has 104 valence electrons. The van der Waals surface area contributed by atoms with E-state index in [9.17, 15) is 4.79 Å². The van der Waals surface area contributed by atoms with Gasteiger partial charge in [0.25, 0.3) is 0 Å². The van der Waals surface area contributed by atoms with E-state index in [0.29, 0.717) is 0 Å². The number of carbonyl (C=O) groups is 1. The van der Waals surface area contributed by atoms with Gasteiger partial charge in [0, 0.05) is 6.61 Å². The zero-order valence-corrected chi connectivity index (χ0v) is 11.2. The summed E-state index contributed by atoms with van der Waals surface area (Å²) in [5.74, 6) is -0.915. The number of rotatable bonds is 5. The number of carbonyl (C=O) groups excluding carboxylic acids is 1. The molecule has 1 fully saturated rings. The highest BCUT2D eigenvalue weighted by Crippen LogP contribution is 2.17. The van der Waals surface area contributed by atoms with Crippen LogP contribution in [0, 0.1) is 11.8 Å². The normalized spacial score (nSPS) is 24.0. The van der Waals surface area contributed by atoms with E-state index in [0.717, 1.165) is 19.4 Å². The smallest absolute Gasteiger partial charge is 0.231 e. The van der Waals surface area contributed by atoms with Crippen LogP contribution in [0.5, 0.6) is 0 Å². The number of hydrogen-bond donors (Lipinski definition) is 3. The Hall–Kier alpha value is -1.30. The molecular formula is C12H23N3O3. The average molecular weight is 257 g/mol. The van der Waals surface area contributed by atoms with E-state index in [1.807, 2.05) is 20.8 Å². The van der Waals surface area contributed by atoms with Gasteiger partial charge in [0.2, 0.25) is 5.91 Å². The Morgan fingerprint density at radius 1 is 1.50 bits per heavy atom. The lowest BCUT2D eigenvalue weighted by Crippen LogP contribution is -2.48. The summed E-state index contributed by atoms with van der Waals surface area (Å²) in [6.45, 7) is 6.38. The number of amidine groups is 1. The average Bonchev–Trinajstić information content (AvgIpc) is 2.81. The van der Waals surface area contributed by atoms with Crippen LogP contribution in [0.15, 0.2) is 5.16 Å². The minimum atomic E-state index is -0.612.